The highest BCUT2D eigenvalue weighted by molar-refractivity contribution is 5.94. The first-order chi connectivity index (χ1) is 17.0. The second kappa shape index (κ2) is 14.0. The van der Waals surface area contributed by atoms with Crippen molar-refractivity contribution in [2.75, 3.05) is 0 Å². The lowest BCUT2D eigenvalue weighted by Gasteiger charge is -2.29. The molecule has 1 aromatic carbocycles. The third kappa shape index (κ3) is 8.64. The molecular weight excluding hydrogens is 458 g/mol. The van der Waals surface area contributed by atoms with Crippen LogP contribution in [0.2, 0.25) is 0 Å². The topological polar surface area (TPSA) is 114 Å². The van der Waals surface area contributed by atoms with Gasteiger partial charge < -0.3 is 20.7 Å². The molecular formula is C28H43N3O5. The maximum atomic E-state index is 13.4. The van der Waals surface area contributed by atoms with Gasteiger partial charge in [-0.3, -0.25) is 14.4 Å². The van der Waals surface area contributed by atoms with Gasteiger partial charge in [-0.15, -0.1) is 0 Å². The summed E-state index contributed by atoms with van der Waals surface area (Å²) in [4.78, 5) is 52.9. The Kier molecular flexibility index (Phi) is 11.4. The molecule has 1 aromatic rings. The fourth-order valence-electron chi connectivity index (χ4n) is 4.32. The third-order valence-electron chi connectivity index (χ3n) is 6.70. The average molecular weight is 502 g/mol. The molecule has 1 fully saturated rings. The molecule has 1 heterocycles. The van der Waals surface area contributed by atoms with Gasteiger partial charge in [0.1, 0.15) is 24.2 Å². The normalized spacial score (nSPS) is 25.1. The number of carbonyl (C=O) groups excluding carboxylic acids is 4. The first kappa shape index (κ1) is 29.3. The highest BCUT2D eigenvalue weighted by Crippen LogP contribution is 2.21. The second-order valence-electron chi connectivity index (χ2n) is 10.6. The van der Waals surface area contributed by atoms with Crippen LogP contribution < -0.4 is 16.0 Å². The number of esters is 1. The van der Waals surface area contributed by atoms with Crippen molar-refractivity contribution < 1.29 is 23.9 Å². The van der Waals surface area contributed by atoms with Crippen molar-refractivity contribution in [3.63, 3.8) is 0 Å². The molecule has 3 N–H and O–H groups in total. The molecule has 0 aromatic heterocycles. The first-order valence-corrected chi connectivity index (χ1v) is 13.2. The Morgan fingerprint density at radius 2 is 1.47 bits per heavy atom. The van der Waals surface area contributed by atoms with Gasteiger partial charge in [-0.25, -0.2) is 4.79 Å². The van der Waals surface area contributed by atoms with E-state index < -0.39 is 42.0 Å². The maximum absolute atomic E-state index is 13.4. The van der Waals surface area contributed by atoms with Crippen LogP contribution in [0.3, 0.4) is 0 Å². The van der Waals surface area contributed by atoms with E-state index in [9.17, 15) is 19.2 Å². The molecule has 2 rings (SSSR count). The van der Waals surface area contributed by atoms with Crippen LogP contribution in [0.1, 0.15) is 72.8 Å². The lowest BCUT2D eigenvalue weighted by molar-refractivity contribution is -0.158. The van der Waals surface area contributed by atoms with E-state index in [0.717, 1.165) is 24.8 Å². The Bertz CT molecular complexity index is 886. The summed E-state index contributed by atoms with van der Waals surface area (Å²) in [6, 6.07) is 6.76. The zero-order valence-corrected chi connectivity index (χ0v) is 22.5. The summed E-state index contributed by atoms with van der Waals surface area (Å²) in [5, 5.41) is 8.46. The molecule has 0 aliphatic carbocycles. The third-order valence-corrected chi connectivity index (χ3v) is 6.70. The van der Waals surface area contributed by atoms with Crippen molar-refractivity contribution >= 4 is 23.7 Å². The number of carbonyl (C=O) groups is 4. The van der Waals surface area contributed by atoms with Crippen LogP contribution in [0.5, 0.6) is 0 Å². The predicted molar refractivity (Wildman–Crippen MR) is 139 cm³/mol. The number of rotatable bonds is 8. The van der Waals surface area contributed by atoms with Crippen LogP contribution in [0, 0.1) is 17.8 Å². The summed E-state index contributed by atoms with van der Waals surface area (Å²) < 4.78 is 5.87. The van der Waals surface area contributed by atoms with Crippen molar-refractivity contribution in [3.8, 4) is 0 Å². The van der Waals surface area contributed by atoms with Gasteiger partial charge in [-0.05, 0) is 29.7 Å². The smallest absolute Gasteiger partial charge is 0.329 e. The van der Waals surface area contributed by atoms with Crippen molar-refractivity contribution in [2.45, 2.75) is 97.9 Å². The number of amides is 3. The van der Waals surface area contributed by atoms with Crippen LogP contribution in [-0.4, -0.2) is 47.9 Å². The highest BCUT2D eigenvalue weighted by Gasteiger charge is 2.36. The number of cyclic esters (lactones) is 1. The first-order valence-electron chi connectivity index (χ1n) is 13.2. The van der Waals surface area contributed by atoms with E-state index in [0.29, 0.717) is 0 Å². The summed E-state index contributed by atoms with van der Waals surface area (Å²) >= 11 is 0. The molecule has 36 heavy (non-hydrogen) atoms. The summed E-state index contributed by atoms with van der Waals surface area (Å²) in [7, 11) is 0. The van der Waals surface area contributed by atoms with Gasteiger partial charge in [-0.2, -0.15) is 0 Å². The van der Waals surface area contributed by atoms with Gasteiger partial charge in [0.2, 0.25) is 17.7 Å². The quantitative estimate of drug-likeness (QED) is 0.474. The highest BCUT2D eigenvalue weighted by atomic mass is 16.5. The standard InChI is InChI=1S/C28H43N3O5/c1-7-8-12-19(6)22-16-23(32)29-21(15-20-13-10-9-11-14-20)26(33)30-24(17(2)3)27(34)31-25(18(4)5)28(35)36-22/h9-11,13-14,17-19,21-22,24-25H,7-8,12,15-16H2,1-6H3,(H,29,32)(H,30,33)(H,31,34)/t19?,21-,22?,24-,25-/m0/s1. The van der Waals surface area contributed by atoms with Gasteiger partial charge >= 0.3 is 5.97 Å². The van der Waals surface area contributed by atoms with Crippen LogP contribution >= 0.6 is 0 Å². The minimum absolute atomic E-state index is 0.0540. The lowest BCUT2D eigenvalue weighted by atomic mass is 9.94. The molecule has 1 saturated heterocycles. The van der Waals surface area contributed by atoms with E-state index in [-0.39, 0.29) is 36.5 Å². The Balaban J connectivity index is 2.43. The zero-order valence-electron chi connectivity index (χ0n) is 22.5. The van der Waals surface area contributed by atoms with E-state index in [4.69, 9.17) is 4.74 Å². The Morgan fingerprint density at radius 1 is 0.861 bits per heavy atom. The Hall–Kier alpha value is -2.90. The van der Waals surface area contributed by atoms with E-state index >= 15 is 0 Å². The molecule has 8 nitrogen and oxygen atoms in total. The molecule has 3 amide bonds. The van der Waals surface area contributed by atoms with E-state index in [1.807, 2.05) is 65.0 Å². The minimum Gasteiger partial charge on any atom is -0.460 e. The number of hydrogen-bond acceptors (Lipinski definition) is 5. The molecule has 0 saturated carbocycles. The molecule has 8 heteroatoms. The van der Waals surface area contributed by atoms with Gasteiger partial charge in [0.05, 0.1) is 6.42 Å². The average Bonchev–Trinajstić information content (AvgIpc) is 2.83. The summed E-state index contributed by atoms with van der Waals surface area (Å²) in [5.41, 5.74) is 0.881. The number of benzene rings is 1. The molecule has 0 radical (unpaired) electrons. The number of ether oxygens (including phenoxy) is 1. The fraction of sp³-hybridized carbons (Fsp3) is 0.643. The molecule has 0 spiro atoms. The summed E-state index contributed by atoms with van der Waals surface area (Å²) in [6.07, 6.45) is 2.28. The molecule has 0 bridgehead atoms. The fourth-order valence-corrected chi connectivity index (χ4v) is 4.32. The molecule has 1 aliphatic rings. The lowest BCUT2D eigenvalue weighted by Crippen LogP contribution is -2.58. The number of unbranched alkanes of at least 4 members (excludes halogenated alkanes) is 1. The van der Waals surface area contributed by atoms with Gasteiger partial charge in [-0.1, -0.05) is 84.7 Å². The Labute approximate surface area is 215 Å². The Morgan fingerprint density at radius 3 is 2.06 bits per heavy atom. The molecule has 2 unspecified atom stereocenters. The van der Waals surface area contributed by atoms with E-state index in [2.05, 4.69) is 22.9 Å². The molecule has 5 atom stereocenters. The van der Waals surface area contributed by atoms with Crippen LogP contribution in [0.4, 0.5) is 0 Å². The molecule has 1 aliphatic heterocycles. The van der Waals surface area contributed by atoms with E-state index in [1.54, 1.807) is 0 Å². The van der Waals surface area contributed by atoms with Crippen molar-refractivity contribution in [1.82, 2.24) is 16.0 Å². The van der Waals surface area contributed by atoms with Crippen LogP contribution in [0.25, 0.3) is 0 Å². The largest absolute Gasteiger partial charge is 0.460 e. The number of hydrogen-bond donors (Lipinski definition) is 3. The SMILES string of the molecule is CCCCC(C)C1CC(=O)N[C@@H](Cc2ccccc2)C(=O)N[C@@H](C(C)C)C(=O)N[C@@H](C(C)C)C(=O)O1. The van der Waals surface area contributed by atoms with Gasteiger partial charge in [0.15, 0.2) is 0 Å². The number of nitrogens with one attached hydrogen (secondary N) is 3. The van der Waals surface area contributed by atoms with Crippen molar-refractivity contribution in [2.24, 2.45) is 17.8 Å². The van der Waals surface area contributed by atoms with E-state index in [1.165, 1.54) is 0 Å². The monoisotopic (exact) mass is 501 g/mol. The van der Waals surface area contributed by atoms with Gasteiger partial charge in [0.25, 0.3) is 0 Å². The predicted octanol–water partition coefficient (Wildman–Crippen LogP) is 3.14. The van der Waals surface area contributed by atoms with Crippen LogP contribution in [-0.2, 0) is 30.3 Å². The zero-order chi connectivity index (χ0) is 26.8. The van der Waals surface area contributed by atoms with Crippen molar-refractivity contribution in [1.29, 1.82) is 0 Å². The van der Waals surface area contributed by atoms with Crippen LogP contribution in [0.15, 0.2) is 30.3 Å². The maximum Gasteiger partial charge on any atom is 0.329 e. The summed E-state index contributed by atoms with van der Waals surface area (Å²) in [6.45, 7) is 11.3. The van der Waals surface area contributed by atoms with Crippen molar-refractivity contribution in [3.05, 3.63) is 35.9 Å². The second-order valence-corrected chi connectivity index (χ2v) is 10.6. The minimum atomic E-state index is -0.888. The summed E-state index contributed by atoms with van der Waals surface area (Å²) in [5.74, 6) is -2.35. The molecule has 200 valence electrons. The van der Waals surface area contributed by atoms with Gasteiger partial charge in [0, 0.05) is 6.42 Å².